The van der Waals surface area contributed by atoms with E-state index in [4.69, 9.17) is 0 Å². The van der Waals surface area contributed by atoms with Gasteiger partial charge in [0.2, 0.25) is 0 Å². The van der Waals surface area contributed by atoms with Crippen LogP contribution in [0.2, 0.25) is 0 Å². The fraction of sp³-hybridized carbons (Fsp3) is 0.400. The molecule has 14 heavy (non-hydrogen) atoms. The summed E-state index contributed by atoms with van der Waals surface area (Å²) in [7, 11) is 0. The second-order valence-electron chi connectivity index (χ2n) is 3.03. The Balaban J connectivity index is 2.42. The Morgan fingerprint density at radius 1 is 1.14 bits per heavy atom. The van der Waals surface area contributed by atoms with Gasteiger partial charge in [0.15, 0.2) is 0 Å². The third-order valence-electron chi connectivity index (χ3n) is 1.88. The fourth-order valence-corrected chi connectivity index (χ4v) is 1.33. The van der Waals surface area contributed by atoms with Gasteiger partial charge in [-0.1, -0.05) is 46.3 Å². The predicted octanol–water partition coefficient (Wildman–Crippen LogP) is 3.95. The van der Waals surface area contributed by atoms with E-state index in [1.54, 1.807) is 0 Å². The smallest absolute Gasteiger partial charge is 0.170 e. The summed E-state index contributed by atoms with van der Waals surface area (Å²) < 4.78 is 36.3. The van der Waals surface area contributed by atoms with Gasteiger partial charge >= 0.3 is 6.18 Å². The molecular weight excluding hydrogens is 257 g/mol. The summed E-state index contributed by atoms with van der Waals surface area (Å²) in [5.41, 5.74) is 0.932. The number of hydrogen-bond donors (Lipinski definition) is 0. The summed E-state index contributed by atoms with van der Waals surface area (Å²) in [5, 5.41) is 0. The number of alkyl halides is 4. The molecule has 1 aromatic rings. The summed E-state index contributed by atoms with van der Waals surface area (Å²) in [6.07, 6.45) is -3.63. The highest BCUT2D eigenvalue weighted by Gasteiger charge is 2.36. The van der Waals surface area contributed by atoms with Crippen molar-refractivity contribution in [3.63, 3.8) is 0 Å². The van der Waals surface area contributed by atoms with Crippen LogP contribution in [0.15, 0.2) is 30.3 Å². The van der Waals surface area contributed by atoms with Crippen LogP contribution in [0.5, 0.6) is 0 Å². The Labute approximate surface area is 89.3 Å². The Hall–Kier alpha value is -0.510. The van der Waals surface area contributed by atoms with Gasteiger partial charge in [-0.3, -0.25) is 0 Å². The molecule has 0 aromatic heterocycles. The molecule has 0 spiro atoms. The summed E-state index contributed by atoms with van der Waals surface area (Å²) in [5.74, 6) is 0. The van der Waals surface area contributed by atoms with Gasteiger partial charge in [-0.25, -0.2) is 0 Å². The molecule has 0 aliphatic carbocycles. The standard InChI is InChI=1S/C10H10BrF3/c11-9(10(12,13)14)7-6-8-4-2-1-3-5-8/h1-5,9H,6-7H2/t9-/m0/s1. The van der Waals surface area contributed by atoms with Gasteiger partial charge in [0.05, 0.1) is 0 Å². The lowest BCUT2D eigenvalue weighted by Gasteiger charge is -2.13. The first-order chi connectivity index (χ1) is 6.50. The van der Waals surface area contributed by atoms with E-state index in [-0.39, 0.29) is 6.42 Å². The first-order valence-electron chi connectivity index (χ1n) is 4.25. The van der Waals surface area contributed by atoms with Crippen LogP contribution in [0.1, 0.15) is 12.0 Å². The zero-order chi connectivity index (χ0) is 10.6. The van der Waals surface area contributed by atoms with Crippen molar-refractivity contribution in [1.29, 1.82) is 0 Å². The largest absolute Gasteiger partial charge is 0.401 e. The number of benzene rings is 1. The zero-order valence-corrected chi connectivity index (χ0v) is 8.98. The van der Waals surface area contributed by atoms with E-state index in [1.807, 2.05) is 30.3 Å². The SMILES string of the molecule is FC(F)(F)[C@@H](Br)CCc1ccccc1. The summed E-state index contributed by atoms with van der Waals surface area (Å²) in [6.45, 7) is 0. The molecule has 0 heterocycles. The van der Waals surface area contributed by atoms with E-state index >= 15 is 0 Å². The van der Waals surface area contributed by atoms with Crippen LogP contribution in [0.4, 0.5) is 13.2 Å². The maximum atomic E-state index is 12.1. The Morgan fingerprint density at radius 3 is 2.21 bits per heavy atom. The van der Waals surface area contributed by atoms with Crippen molar-refractivity contribution >= 4 is 15.9 Å². The molecule has 0 radical (unpaired) electrons. The third-order valence-corrected chi connectivity index (χ3v) is 2.86. The molecule has 4 heteroatoms. The predicted molar refractivity (Wildman–Crippen MR) is 53.5 cm³/mol. The Bertz CT molecular complexity index is 268. The molecule has 1 rings (SSSR count). The van der Waals surface area contributed by atoms with Crippen molar-refractivity contribution in [2.24, 2.45) is 0 Å². The number of rotatable bonds is 3. The molecule has 78 valence electrons. The highest BCUT2D eigenvalue weighted by Crippen LogP contribution is 2.29. The van der Waals surface area contributed by atoms with Crippen LogP contribution in [0, 0.1) is 0 Å². The van der Waals surface area contributed by atoms with E-state index in [0.29, 0.717) is 6.42 Å². The van der Waals surface area contributed by atoms with Crippen LogP contribution < -0.4 is 0 Å². The van der Waals surface area contributed by atoms with Crippen molar-refractivity contribution in [3.8, 4) is 0 Å². The van der Waals surface area contributed by atoms with Crippen LogP contribution in [-0.2, 0) is 6.42 Å². The molecule has 0 N–H and O–H groups in total. The van der Waals surface area contributed by atoms with E-state index in [9.17, 15) is 13.2 Å². The van der Waals surface area contributed by atoms with Crippen molar-refractivity contribution < 1.29 is 13.2 Å². The number of hydrogen-bond acceptors (Lipinski definition) is 0. The first kappa shape index (κ1) is 11.6. The van der Waals surface area contributed by atoms with E-state index in [2.05, 4.69) is 15.9 Å². The minimum Gasteiger partial charge on any atom is -0.170 e. The molecule has 0 aliphatic rings. The van der Waals surface area contributed by atoms with Gasteiger partial charge in [-0.15, -0.1) is 0 Å². The minimum atomic E-state index is -4.14. The van der Waals surface area contributed by atoms with Gasteiger partial charge in [0.25, 0.3) is 0 Å². The number of aryl methyl sites for hydroxylation is 1. The summed E-state index contributed by atoms with van der Waals surface area (Å²) >= 11 is 2.63. The Kier molecular flexibility index (Phi) is 3.98. The zero-order valence-electron chi connectivity index (χ0n) is 7.39. The number of halogens is 4. The lowest BCUT2D eigenvalue weighted by atomic mass is 10.1. The molecule has 0 saturated heterocycles. The van der Waals surface area contributed by atoms with Crippen LogP contribution >= 0.6 is 15.9 Å². The van der Waals surface area contributed by atoms with Gasteiger partial charge < -0.3 is 0 Å². The van der Waals surface area contributed by atoms with Crippen molar-refractivity contribution in [2.75, 3.05) is 0 Å². The first-order valence-corrected chi connectivity index (χ1v) is 5.16. The maximum Gasteiger partial charge on any atom is 0.401 e. The van der Waals surface area contributed by atoms with Gasteiger partial charge in [0.1, 0.15) is 4.83 Å². The third kappa shape index (κ3) is 3.70. The second-order valence-corrected chi connectivity index (χ2v) is 4.14. The van der Waals surface area contributed by atoms with Gasteiger partial charge in [-0.2, -0.15) is 13.2 Å². The van der Waals surface area contributed by atoms with Crippen molar-refractivity contribution in [2.45, 2.75) is 23.8 Å². The topological polar surface area (TPSA) is 0 Å². The van der Waals surface area contributed by atoms with Gasteiger partial charge in [-0.05, 0) is 18.4 Å². The molecule has 1 aromatic carbocycles. The van der Waals surface area contributed by atoms with Gasteiger partial charge in [0, 0.05) is 0 Å². The highest BCUT2D eigenvalue weighted by molar-refractivity contribution is 9.09. The molecule has 0 saturated carbocycles. The van der Waals surface area contributed by atoms with Crippen LogP contribution in [0.25, 0.3) is 0 Å². The average Bonchev–Trinajstić information content (AvgIpc) is 2.14. The summed E-state index contributed by atoms with van der Waals surface area (Å²) in [6, 6.07) is 9.16. The average molecular weight is 267 g/mol. The van der Waals surface area contributed by atoms with Crippen LogP contribution in [0.3, 0.4) is 0 Å². The van der Waals surface area contributed by atoms with E-state index < -0.39 is 11.0 Å². The Morgan fingerprint density at radius 2 is 1.71 bits per heavy atom. The highest BCUT2D eigenvalue weighted by atomic mass is 79.9. The van der Waals surface area contributed by atoms with E-state index in [1.165, 1.54) is 0 Å². The molecule has 0 nitrogen and oxygen atoms in total. The molecular formula is C10H10BrF3. The minimum absolute atomic E-state index is 0.0769. The van der Waals surface area contributed by atoms with Crippen LogP contribution in [-0.4, -0.2) is 11.0 Å². The van der Waals surface area contributed by atoms with E-state index in [0.717, 1.165) is 5.56 Å². The lowest BCUT2D eigenvalue weighted by molar-refractivity contribution is -0.128. The normalized spacial score (nSPS) is 14.0. The fourth-order valence-electron chi connectivity index (χ4n) is 1.10. The lowest BCUT2D eigenvalue weighted by Crippen LogP contribution is -2.23. The van der Waals surface area contributed by atoms with Crippen molar-refractivity contribution in [3.05, 3.63) is 35.9 Å². The quantitative estimate of drug-likeness (QED) is 0.727. The molecule has 1 atom stereocenters. The maximum absolute atomic E-state index is 12.1. The van der Waals surface area contributed by atoms with Crippen molar-refractivity contribution in [1.82, 2.24) is 0 Å². The molecule has 0 aliphatic heterocycles. The molecule has 0 fully saturated rings. The molecule has 0 amide bonds. The molecule has 0 bridgehead atoms. The monoisotopic (exact) mass is 266 g/mol. The summed E-state index contributed by atoms with van der Waals surface area (Å²) in [4.78, 5) is -1.41. The molecule has 0 unspecified atom stereocenters. The second kappa shape index (κ2) is 4.82.